The fourth-order valence-electron chi connectivity index (χ4n) is 4.67. The Balaban J connectivity index is 1.73. The predicted molar refractivity (Wildman–Crippen MR) is 126 cm³/mol. The zero-order valence-electron chi connectivity index (χ0n) is 18.4. The van der Waals surface area contributed by atoms with E-state index in [0.717, 1.165) is 35.3 Å². The average Bonchev–Trinajstić information content (AvgIpc) is 3.25. The summed E-state index contributed by atoms with van der Waals surface area (Å²) in [6, 6.07) is 9.28. The van der Waals surface area contributed by atoms with Crippen LogP contribution in [-0.2, 0) is 9.59 Å². The molecule has 6 nitrogen and oxygen atoms in total. The van der Waals surface area contributed by atoms with Crippen LogP contribution in [-0.4, -0.2) is 19.0 Å². The monoisotopic (exact) mass is 454 g/mol. The van der Waals surface area contributed by atoms with E-state index < -0.39 is 5.97 Å². The number of hydrogen-bond donors (Lipinski definition) is 2. The number of benzene rings is 2. The second-order valence-electron chi connectivity index (χ2n) is 8.16. The number of carbonyl (C=O) groups is 2. The lowest BCUT2D eigenvalue weighted by molar-refractivity contribution is -0.132. The number of allylic oxidation sites excluding steroid dienone is 2. The van der Waals surface area contributed by atoms with Crippen molar-refractivity contribution in [2.75, 3.05) is 17.7 Å². The van der Waals surface area contributed by atoms with E-state index in [1.54, 1.807) is 13.2 Å². The number of fused-ring (bicyclic) bond motifs is 3. The minimum atomic E-state index is -0.398. The zero-order valence-corrected chi connectivity index (χ0v) is 19.2. The molecule has 3 atom stereocenters. The number of rotatable bonds is 6. The van der Waals surface area contributed by atoms with Crippen LogP contribution in [0.3, 0.4) is 0 Å². The van der Waals surface area contributed by atoms with Gasteiger partial charge >= 0.3 is 5.97 Å². The van der Waals surface area contributed by atoms with Gasteiger partial charge in [-0.15, -0.1) is 0 Å². The van der Waals surface area contributed by atoms with Crippen LogP contribution in [0.25, 0.3) is 0 Å². The van der Waals surface area contributed by atoms with Gasteiger partial charge in [-0.3, -0.25) is 9.59 Å². The smallest absolute Gasteiger partial charge is 0.308 e. The first-order chi connectivity index (χ1) is 15.4. The molecule has 2 aromatic carbocycles. The van der Waals surface area contributed by atoms with Crippen LogP contribution in [0.5, 0.6) is 11.5 Å². The summed E-state index contributed by atoms with van der Waals surface area (Å²) in [5.41, 5.74) is 3.68. The molecular formula is C25H27ClN2O4. The number of esters is 1. The summed E-state index contributed by atoms with van der Waals surface area (Å²) in [7, 11) is 1.55. The molecule has 0 fully saturated rings. The Labute approximate surface area is 192 Å². The van der Waals surface area contributed by atoms with E-state index in [1.165, 1.54) is 6.92 Å². The molecule has 1 amide bonds. The van der Waals surface area contributed by atoms with Gasteiger partial charge in [0.1, 0.15) is 0 Å². The van der Waals surface area contributed by atoms with Crippen molar-refractivity contribution in [2.24, 2.45) is 5.92 Å². The summed E-state index contributed by atoms with van der Waals surface area (Å²) >= 11 is 6.61. The number of hydrogen-bond acceptors (Lipinski definition) is 5. The van der Waals surface area contributed by atoms with Gasteiger partial charge in [0.15, 0.2) is 11.5 Å². The highest BCUT2D eigenvalue weighted by Gasteiger charge is 2.40. The molecule has 2 aromatic rings. The molecular weight excluding hydrogens is 428 g/mol. The van der Waals surface area contributed by atoms with Crippen molar-refractivity contribution in [1.82, 2.24) is 0 Å². The lowest BCUT2D eigenvalue weighted by Gasteiger charge is -2.39. The van der Waals surface area contributed by atoms with Crippen molar-refractivity contribution in [3.05, 3.63) is 58.6 Å². The molecule has 0 bridgehead atoms. The molecule has 4 rings (SSSR count). The maximum absolute atomic E-state index is 12.3. The van der Waals surface area contributed by atoms with Gasteiger partial charge in [0.25, 0.3) is 0 Å². The molecule has 2 N–H and O–H groups in total. The van der Waals surface area contributed by atoms with Gasteiger partial charge in [-0.1, -0.05) is 36.7 Å². The fourth-order valence-corrected chi connectivity index (χ4v) is 4.89. The number of nitrogens with one attached hydrogen (secondary N) is 2. The Bertz CT molecular complexity index is 1080. The summed E-state index contributed by atoms with van der Waals surface area (Å²) in [5, 5.41) is 7.30. The van der Waals surface area contributed by atoms with Crippen LogP contribution in [0.15, 0.2) is 42.5 Å². The van der Waals surface area contributed by atoms with E-state index in [2.05, 4.69) is 22.8 Å². The van der Waals surface area contributed by atoms with E-state index >= 15 is 0 Å². The Morgan fingerprint density at radius 3 is 2.75 bits per heavy atom. The molecule has 0 aromatic heterocycles. The maximum Gasteiger partial charge on any atom is 0.308 e. The van der Waals surface area contributed by atoms with Crippen LogP contribution < -0.4 is 20.1 Å². The topological polar surface area (TPSA) is 76.7 Å². The van der Waals surface area contributed by atoms with Gasteiger partial charge in [0.2, 0.25) is 5.91 Å². The van der Waals surface area contributed by atoms with Crippen molar-refractivity contribution < 1.29 is 19.1 Å². The third-order valence-electron chi connectivity index (χ3n) is 6.02. The summed E-state index contributed by atoms with van der Waals surface area (Å²) in [6.07, 6.45) is 6.55. The summed E-state index contributed by atoms with van der Waals surface area (Å²) in [4.78, 5) is 23.7. The van der Waals surface area contributed by atoms with Crippen LogP contribution in [0, 0.1) is 5.92 Å². The molecule has 2 aliphatic rings. The predicted octanol–water partition coefficient (Wildman–Crippen LogP) is 5.84. The highest BCUT2D eigenvalue weighted by molar-refractivity contribution is 6.33. The van der Waals surface area contributed by atoms with Crippen LogP contribution in [0.2, 0.25) is 5.02 Å². The van der Waals surface area contributed by atoms with Crippen LogP contribution in [0.1, 0.15) is 56.2 Å². The highest BCUT2D eigenvalue weighted by atomic mass is 35.5. The Morgan fingerprint density at radius 1 is 1.22 bits per heavy atom. The maximum atomic E-state index is 12.3. The molecule has 1 aliphatic carbocycles. The fraction of sp³-hybridized carbons (Fsp3) is 0.360. The third kappa shape index (κ3) is 4.19. The number of methoxy groups -OCH3 is 1. The number of ether oxygens (including phenoxy) is 2. The summed E-state index contributed by atoms with van der Waals surface area (Å²) in [5.74, 6) is 0.853. The quantitative estimate of drug-likeness (QED) is 0.326. The number of amides is 1. The molecule has 3 unspecified atom stereocenters. The van der Waals surface area contributed by atoms with Gasteiger partial charge < -0.3 is 20.1 Å². The molecule has 0 saturated carbocycles. The summed E-state index contributed by atoms with van der Waals surface area (Å²) in [6.45, 7) is 3.35. The lowest BCUT2D eigenvalue weighted by atomic mass is 9.76. The largest absolute Gasteiger partial charge is 0.493 e. The molecule has 32 heavy (non-hydrogen) atoms. The van der Waals surface area contributed by atoms with Crippen molar-refractivity contribution >= 4 is 34.9 Å². The minimum absolute atomic E-state index is 0.00321. The van der Waals surface area contributed by atoms with Crippen molar-refractivity contribution in [2.45, 2.75) is 45.1 Å². The molecule has 0 spiro atoms. The minimum Gasteiger partial charge on any atom is -0.493 e. The lowest BCUT2D eigenvalue weighted by Crippen LogP contribution is -2.30. The molecule has 1 aliphatic heterocycles. The van der Waals surface area contributed by atoms with E-state index in [-0.39, 0.29) is 23.8 Å². The Kier molecular flexibility index (Phi) is 6.42. The second-order valence-corrected chi connectivity index (χ2v) is 8.57. The van der Waals surface area contributed by atoms with Crippen molar-refractivity contribution in [3.8, 4) is 11.5 Å². The summed E-state index contributed by atoms with van der Waals surface area (Å²) < 4.78 is 10.7. The van der Waals surface area contributed by atoms with Gasteiger partial charge in [-0.2, -0.15) is 0 Å². The normalized spacial score (nSPS) is 20.7. The SMILES string of the molecule is CCCC(=O)Nc1ccc(Cl)c2c1C1C=CCC1C(c1ccc(OC(C)=O)c(OC)c1)N2. The molecule has 7 heteroatoms. The van der Waals surface area contributed by atoms with E-state index in [9.17, 15) is 9.59 Å². The van der Waals surface area contributed by atoms with Crippen molar-refractivity contribution in [3.63, 3.8) is 0 Å². The Hall–Kier alpha value is -2.99. The first-order valence-electron chi connectivity index (χ1n) is 10.8. The van der Waals surface area contributed by atoms with Gasteiger partial charge in [-0.05, 0) is 48.6 Å². The van der Waals surface area contributed by atoms with Gasteiger partial charge in [-0.25, -0.2) is 0 Å². The zero-order chi connectivity index (χ0) is 22.8. The standard InChI is InChI=1S/C25H27ClN2O4/c1-4-6-22(30)27-19-11-10-18(26)25-23(19)16-7-5-8-17(16)24(28-25)15-9-12-20(32-14(2)29)21(13-15)31-3/h5,7,9-13,16-17,24,28H,4,6,8H2,1-3H3,(H,27,30). The van der Waals surface area contributed by atoms with E-state index in [4.69, 9.17) is 21.1 Å². The van der Waals surface area contributed by atoms with E-state index in [1.807, 2.05) is 31.2 Å². The van der Waals surface area contributed by atoms with E-state index in [0.29, 0.717) is 22.9 Å². The molecule has 0 saturated heterocycles. The third-order valence-corrected chi connectivity index (χ3v) is 6.34. The second kappa shape index (κ2) is 9.25. The van der Waals surface area contributed by atoms with Crippen LogP contribution >= 0.6 is 11.6 Å². The number of carbonyl (C=O) groups excluding carboxylic acids is 2. The number of halogens is 1. The van der Waals surface area contributed by atoms with Gasteiger partial charge in [0, 0.05) is 30.5 Å². The first-order valence-corrected chi connectivity index (χ1v) is 11.2. The number of anilines is 2. The van der Waals surface area contributed by atoms with Crippen molar-refractivity contribution in [1.29, 1.82) is 0 Å². The molecule has 0 radical (unpaired) electrons. The highest BCUT2D eigenvalue weighted by Crippen LogP contribution is 2.54. The first kappa shape index (κ1) is 22.2. The molecule has 168 valence electrons. The van der Waals surface area contributed by atoms with Crippen LogP contribution in [0.4, 0.5) is 11.4 Å². The van der Waals surface area contributed by atoms with Gasteiger partial charge in [0.05, 0.1) is 23.9 Å². The Morgan fingerprint density at radius 2 is 2.03 bits per heavy atom. The average molecular weight is 455 g/mol. The molecule has 1 heterocycles.